The van der Waals surface area contributed by atoms with Crippen LogP contribution in [0.25, 0.3) is 10.8 Å². The second-order valence-electron chi connectivity index (χ2n) is 7.11. The number of hydrogen-bond acceptors (Lipinski definition) is 4. The normalized spacial score (nSPS) is 15.7. The highest BCUT2D eigenvalue weighted by Crippen LogP contribution is 2.20. The molecule has 140 valence electrons. The van der Waals surface area contributed by atoms with E-state index in [2.05, 4.69) is 53.2 Å². The van der Waals surface area contributed by atoms with Gasteiger partial charge in [0.15, 0.2) is 0 Å². The number of likely N-dealkylation sites (N-methyl/N-ethyl adjacent to an activating group) is 1. The molecule has 1 N–H and O–H groups in total. The van der Waals surface area contributed by atoms with Crippen molar-refractivity contribution >= 4 is 16.7 Å². The van der Waals surface area contributed by atoms with Gasteiger partial charge in [-0.3, -0.25) is 9.69 Å². The van der Waals surface area contributed by atoms with Gasteiger partial charge in [-0.2, -0.15) is 0 Å². The summed E-state index contributed by atoms with van der Waals surface area (Å²) in [6.45, 7) is 5.48. The fourth-order valence-corrected chi connectivity index (χ4v) is 3.53. The van der Waals surface area contributed by atoms with Crippen LogP contribution in [-0.4, -0.2) is 78.6 Å². The average molecular weight is 355 g/mol. The molecule has 0 saturated carbocycles. The van der Waals surface area contributed by atoms with Crippen LogP contribution in [0.5, 0.6) is 0 Å². The van der Waals surface area contributed by atoms with Gasteiger partial charge in [-0.25, -0.2) is 0 Å². The zero-order valence-corrected chi connectivity index (χ0v) is 15.6. The van der Waals surface area contributed by atoms with Crippen molar-refractivity contribution in [3.05, 3.63) is 48.0 Å². The molecular formula is C21H29N3O2. The molecule has 0 aliphatic carbocycles. The van der Waals surface area contributed by atoms with E-state index in [9.17, 15) is 9.90 Å². The molecule has 0 aromatic heterocycles. The van der Waals surface area contributed by atoms with Gasteiger partial charge in [-0.15, -0.1) is 0 Å². The van der Waals surface area contributed by atoms with Crippen LogP contribution in [0.3, 0.4) is 0 Å². The van der Waals surface area contributed by atoms with Gasteiger partial charge in [-0.1, -0.05) is 42.5 Å². The summed E-state index contributed by atoms with van der Waals surface area (Å²) >= 11 is 0. The molecule has 2 aromatic rings. The Morgan fingerprint density at radius 3 is 2.58 bits per heavy atom. The fraction of sp³-hybridized carbons (Fsp3) is 0.476. The van der Waals surface area contributed by atoms with E-state index in [0.717, 1.165) is 39.3 Å². The lowest BCUT2D eigenvalue weighted by atomic mass is 10.0. The number of nitrogens with zero attached hydrogens (tertiary/aromatic N) is 3. The molecular weight excluding hydrogens is 326 g/mol. The Morgan fingerprint density at radius 1 is 1.08 bits per heavy atom. The summed E-state index contributed by atoms with van der Waals surface area (Å²) in [6.07, 6.45) is 0.681. The zero-order valence-electron chi connectivity index (χ0n) is 15.6. The Bertz CT molecular complexity index is 721. The fourth-order valence-electron chi connectivity index (χ4n) is 3.53. The lowest BCUT2D eigenvalue weighted by Gasteiger charge is -2.34. The summed E-state index contributed by atoms with van der Waals surface area (Å²) in [7, 11) is 2.09. The molecule has 0 bridgehead atoms. The first-order chi connectivity index (χ1) is 12.7. The molecule has 1 saturated heterocycles. The largest absolute Gasteiger partial charge is 0.396 e. The third-order valence-corrected chi connectivity index (χ3v) is 5.12. The van der Waals surface area contributed by atoms with Crippen molar-refractivity contribution in [1.82, 2.24) is 14.7 Å². The molecule has 2 aromatic carbocycles. The number of carbonyl (C=O) groups excluding carboxylic acids is 1. The maximum Gasteiger partial charge on any atom is 0.236 e. The quantitative estimate of drug-likeness (QED) is 0.823. The van der Waals surface area contributed by atoms with Crippen LogP contribution in [0.1, 0.15) is 12.0 Å². The number of hydrogen-bond donors (Lipinski definition) is 1. The average Bonchev–Trinajstić information content (AvgIpc) is 2.67. The third kappa shape index (κ3) is 4.81. The predicted octanol–water partition coefficient (Wildman–Crippen LogP) is 1.80. The van der Waals surface area contributed by atoms with Gasteiger partial charge in [0.2, 0.25) is 5.91 Å². The van der Waals surface area contributed by atoms with Crippen LogP contribution in [0, 0.1) is 0 Å². The van der Waals surface area contributed by atoms with E-state index >= 15 is 0 Å². The van der Waals surface area contributed by atoms with Gasteiger partial charge in [0.1, 0.15) is 0 Å². The van der Waals surface area contributed by atoms with E-state index in [1.165, 1.54) is 16.3 Å². The molecule has 1 heterocycles. The van der Waals surface area contributed by atoms with Crippen molar-refractivity contribution in [3.8, 4) is 0 Å². The topological polar surface area (TPSA) is 47.0 Å². The van der Waals surface area contributed by atoms with Crippen LogP contribution in [0.15, 0.2) is 42.5 Å². The minimum absolute atomic E-state index is 0.148. The second-order valence-corrected chi connectivity index (χ2v) is 7.11. The van der Waals surface area contributed by atoms with Crippen molar-refractivity contribution in [2.45, 2.75) is 13.0 Å². The molecule has 0 spiro atoms. The number of rotatable bonds is 7. The molecule has 1 amide bonds. The number of aliphatic hydroxyl groups is 1. The number of amides is 1. The summed E-state index contributed by atoms with van der Waals surface area (Å²) in [5.41, 5.74) is 1.23. The molecule has 26 heavy (non-hydrogen) atoms. The van der Waals surface area contributed by atoms with E-state index in [4.69, 9.17) is 0 Å². The van der Waals surface area contributed by atoms with E-state index in [0.29, 0.717) is 13.0 Å². The Labute approximate surface area is 155 Å². The first kappa shape index (κ1) is 18.8. The van der Waals surface area contributed by atoms with E-state index in [-0.39, 0.29) is 12.5 Å². The van der Waals surface area contributed by atoms with Gasteiger partial charge >= 0.3 is 0 Å². The number of aliphatic hydroxyl groups excluding tert-OH is 1. The summed E-state index contributed by atoms with van der Waals surface area (Å²) in [4.78, 5) is 19.1. The van der Waals surface area contributed by atoms with Crippen LogP contribution < -0.4 is 0 Å². The van der Waals surface area contributed by atoms with E-state index < -0.39 is 0 Å². The highest BCUT2D eigenvalue weighted by atomic mass is 16.3. The number of carbonyl (C=O) groups is 1. The van der Waals surface area contributed by atoms with Crippen LogP contribution in [-0.2, 0) is 11.3 Å². The number of fused-ring (bicyclic) bond motifs is 1. The van der Waals surface area contributed by atoms with Gasteiger partial charge in [0.25, 0.3) is 0 Å². The van der Waals surface area contributed by atoms with Crippen LogP contribution in [0.4, 0.5) is 0 Å². The molecule has 0 radical (unpaired) electrons. The van der Waals surface area contributed by atoms with Crippen molar-refractivity contribution in [2.24, 2.45) is 0 Å². The molecule has 5 nitrogen and oxygen atoms in total. The van der Waals surface area contributed by atoms with Gasteiger partial charge in [-0.05, 0) is 29.8 Å². The lowest BCUT2D eigenvalue weighted by Crippen LogP contribution is -2.50. The van der Waals surface area contributed by atoms with Crippen LogP contribution >= 0.6 is 0 Å². The van der Waals surface area contributed by atoms with Crippen molar-refractivity contribution < 1.29 is 9.90 Å². The molecule has 3 rings (SSSR count). The molecule has 5 heteroatoms. The maximum atomic E-state index is 12.7. The van der Waals surface area contributed by atoms with Gasteiger partial charge in [0, 0.05) is 45.9 Å². The molecule has 0 unspecified atom stereocenters. The third-order valence-electron chi connectivity index (χ3n) is 5.12. The Balaban J connectivity index is 1.70. The first-order valence-corrected chi connectivity index (χ1v) is 9.43. The minimum Gasteiger partial charge on any atom is -0.396 e. The van der Waals surface area contributed by atoms with Crippen LogP contribution in [0.2, 0.25) is 0 Å². The Kier molecular flexibility index (Phi) is 6.61. The zero-order chi connectivity index (χ0) is 18.4. The Morgan fingerprint density at radius 2 is 1.81 bits per heavy atom. The molecule has 0 atom stereocenters. The molecule has 1 fully saturated rings. The van der Waals surface area contributed by atoms with Gasteiger partial charge < -0.3 is 14.9 Å². The highest BCUT2D eigenvalue weighted by molar-refractivity contribution is 5.85. The van der Waals surface area contributed by atoms with Crippen molar-refractivity contribution in [1.29, 1.82) is 0 Å². The summed E-state index contributed by atoms with van der Waals surface area (Å²) in [5, 5.41) is 11.7. The minimum atomic E-state index is 0.148. The number of piperazine rings is 1. The van der Waals surface area contributed by atoms with Crippen molar-refractivity contribution in [2.75, 3.05) is 52.9 Å². The van der Waals surface area contributed by atoms with E-state index in [1.807, 2.05) is 11.0 Å². The van der Waals surface area contributed by atoms with Gasteiger partial charge in [0.05, 0.1) is 6.54 Å². The van der Waals surface area contributed by atoms with E-state index in [1.54, 1.807) is 0 Å². The maximum absolute atomic E-state index is 12.7. The summed E-state index contributed by atoms with van der Waals surface area (Å²) < 4.78 is 0. The highest BCUT2D eigenvalue weighted by Gasteiger charge is 2.21. The summed E-state index contributed by atoms with van der Waals surface area (Å²) in [6, 6.07) is 14.7. The second kappa shape index (κ2) is 9.12. The monoisotopic (exact) mass is 355 g/mol. The smallest absolute Gasteiger partial charge is 0.236 e. The first-order valence-electron chi connectivity index (χ1n) is 9.43. The summed E-state index contributed by atoms with van der Waals surface area (Å²) in [5.74, 6) is 0.191. The van der Waals surface area contributed by atoms with Crippen molar-refractivity contribution in [3.63, 3.8) is 0 Å². The number of benzene rings is 2. The Hall–Kier alpha value is -1.95. The SMILES string of the molecule is CN1CCN(C(=O)CN(CCCO)Cc2cccc3ccccc23)CC1. The standard InChI is InChI=1S/C21H29N3O2/c1-22-11-13-24(14-12-22)21(26)17-23(10-5-15-25)16-19-8-4-7-18-6-2-3-9-20(18)19/h2-4,6-9,25H,5,10-17H2,1H3. The lowest BCUT2D eigenvalue weighted by molar-refractivity contribution is -0.134. The molecule has 1 aliphatic heterocycles. The molecule has 1 aliphatic rings. The predicted molar refractivity (Wildman–Crippen MR) is 105 cm³/mol.